The number of carbonyl (C=O) groups is 1. The van der Waals surface area contributed by atoms with Gasteiger partial charge in [0.25, 0.3) is 5.91 Å². The minimum atomic E-state index is -0.359. The van der Waals surface area contributed by atoms with E-state index in [9.17, 15) is 9.18 Å². The summed E-state index contributed by atoms with van der Waals surface area (Å²) in [6.45, 7) is 2.12. The summed E-state index contributed by atoms with van der Waals surface area (Å²) in [6, 6.07) is 9.92. The van der Waals surface area contributed by atoms with Crippen LogP contribution in [0, 0.1) is 5.82 Å². The largest absolute Gasteiger partial charge is 0.321 e. The molecule has 0 radical (unpaired) electrons. The Morgan fingerprint density at radius 2 is 2.10 bits per heavy atom. The SMILES string of the molecule is CCc1cc2cc(C(=O)Nc3cccc(F)c3)sc2s1. The van der Waals surface area contributed by atoms with Crippen molar-refractivity contribution in [1.82, 2.24) is 0 Å². The molecule has 0 aliphatic heterocycles. The topological polar surface area (TPSA) is 29.1 Å². The molecule has 2 nitrogen and oxygen atoms in total. The maximum Gasteiger partial charge on any atom is 0.265 e. The molecule has 3 aromatic rings. The highest BCUT2D eigenvalue weighted by Gasteiger charge is 2.12. The van der Waals surface area contributed by atoms with E-state index < -0.39 is 0 Å². The monoisotopic (exact) mass is 305 g/mol. The van der Waals surface area contributed by atoms with Gasteiger partial charge in [-0.2, -0.15) is 0 Å². The van der Waals surface area contributed by atoms with Crippen LogP contribution in [0.2, 0.25) is 0 Å². The van der Waals surface area contributed by atoms with Crippen molar-refractivity contribution in [3.05, 3.63) is 52.0 Å². The van der Waals surface area contributed by atoms with Crippen molar-refractivity contribution in [2.24, 2.45) is 0 Å². The molecular formula is C15H12FNOS2. The van der Waals surface area contributed by atoms with Gasteiger partial charge in [-0.05, 0) is 36.8 Å². The fourth-order valence-corrected chi connectivity index (χ4v) is 4.26. The number of aryl methyl sites for hydroxylation is 1. The van der Waals surface area contributed by atoms with Gasteiger partial charge in [-0.3, -0.25) is 4.79 Å². The Morgan fingerprint density at radius 1 is 1.25 bits per heavy atom. The average Bonchev–Trinajstić information content (AvgIpc) is 2.96. The number of nitrogens with one attached hydrogen (secondary N) is 1. The van der Waals surface area contributed by atoms with E-state index >= 15 is 0 Å². The van der Waals surface area contributed by atoms with E-state index in [1.165, 1.54) is 28.3 Å². The molecule has 0 saturated carbocycles. The third-order valence-corrected chi connectivity index (χ3v) is 5.45. The van der Waals surface area contributed by atoms with Crippen LogP contribution in [0.4, 0.5) is 10.1 Å². The first-order valence-corrected chi connectivity index (χ1v) is 7.88. The van der Waals surface area contributed by atoms with E-state index in [0.717, 1.165) is 15.8 Å². The van der Waals surface area contributed by atoms with Crippen LogP contribution in [0.25, 0.3) is 9.40 Å². The van der Waals surface area contributed by atoms with Gasteiger partial charge in [-0.15, -0.1) is 22.7 Å². The molecule has 1 amide bonds. The molecule has 0 saturated heterocycles. The van der Waals surface area contributed by atoms with Crippen molar-refractivity contribution in [1.29, 1.82) is 0 Å². The Labute approximate surface area is 123 Å². The zero-order chi connectivity index (χ0) is 14.1. The summed E-state index contributed by atoms with van der Waals surface area (Å²) in [5.74, 6) is -0.551. The first kappa shape index (κ1) is 13.3. The fraction of sp³-hybridized carbons (Fsp3) is 0.133. The summed E-state index contributed by atoms with van der Waals surface area (Å²) < 4.78 is 14.2. The average molecular weight is 305 g/mol. The van der Waals surface area contributed by atoms with E-state index in [1.54, 1.807) is 23.5 Å². The van der Waals surface area contributed by atoms with Gasteiger partial charge in [0.15, 0.2) is 0 Å². The fourth-order valence-electron chi connectivity index (χ4n) is 1.94. The van der Waals surface area contributed by atoms with Gasteiger partial charge in [0.2, 0.25) is 0 Å². The molecule has 0 bridgehead atoms. The highest BCUT2D eigenvalue weighted by Crippen LogP contribution is 2.34. The number of carbonyl (C=O) groups excluding carboxylic acids is 1. The summed E-state index contributed by atoms with van der Waals surface area (Å²) in [4.78, 5) is 14.1. The number of thiophene rings is 2. The Morgan fingerprint density at radius 3 is 2.80 bits per heavy atom. The number of anilines is 1. The molecule has 5 heteroatoms. The number of halogens is 1. The number of benzene rings is 1. The van der Waals surface area contributed by atoms with Crippen molar-refractivity contribution >= 4 is 43.7 Å². The second-order valence-electron chi connectivity index (χ2n) is 4.38. The van der Waals surface area contributed by atoms with Crippen molar-refractivity contribution in [3.63, 3.8) is 0 Å². The Kier molecular flexibility index (Phi) is 3.54. The maximum absolute atomic E-state index is 13.1. The third kappa shape index (κ3) is 2.59. The smallest absolute Gasteiger partial charge is 0.265 e. The van der Waals surface area contributed by atoms with Crippen LogP contribution in [0.5, 0.6) is 0 Å². The van der Waals surface area contributed by atoms with Gasteiger partial charge in [0.1, 0.15) is 5.82 Å². The Hall–Kier alpha value is -1.72. The normalized spacial score (nSPS) is 10.9. The van der Waals surface area contributed by atoms with E-state index in [1.807, 2.05) is 6.07 Å². The van der Waals surface area contributed by atoms with Gasteiger partial charge in [0.05, 0.1) is 8.89 Å². The molecule has 2 heterocycles. The standard InChI is InChI=1S/C15H12FNOS2/c1-2-12-6-9-7-13(20-15(9)19-12)14(18)17-11-5-3-4-10(16)8-11/h3-8H,2H2,1H3,(H,17,18). The minimum absolute atomic E-state index is 0.193. The summed E-state index contributed by atoms with van der Waals surface area (Å²) in [6.07, 6.45) is 1.01. The van der Waals surface area contributed by atoms with Gasteiger partial charge < -0.3 is 5.32 Å². The molecule has 0 aliphatic rings. The quantitative estimate of drug-likeness (QED) is 0.731. The molecule has 1 N–H and O–H groups in total. The van der Waals surface area contributed by atoms with Crippen LogP contribution in [-0.2, 0) is 6.42 Å². The zero-order valence-corrected chi connectivity index (χ0v) is 12.4. The van der Waals surface area contributed by atoms with E-state index in [-0.39, 0.29) is 11.7 Å². The highest BCUT2D eigenvalue weighted by atomic mass is 32.2. The van der Waals surface area contributed by atoms with E-state index in [2.05, 4.69) is 18.3 Å². The molecule has 0 fully saturated rings. The third-order valence-electron chi connectivity index (χ3n) is 2.92. The maximum atomic E-state index is 13.1. The molecule has 20 heavy (non-hydrogen) atoms. The molecule has 0 aliphatic carbocycles. The summed E-state index contributed by atoms with van der Waals surface area (Å²) in [5, 5.41) is 3.83. The summed E-state index contributed by atoms with van der Waals surface area (Å²) in [5.41, 5.74) is 0.473. The predicted octanol–water partition coefficient (Wildman–Crippen LogP) is 4.92. The lowest BCUT2D eigenvalue weighted by atomic mass is 10.3. The van der Waals surface area contributed by atoms with Crippen molar-refractivity contribution in [2.45, 2.75) is 13.3 Å². The van der Waals surface area contributed by atoms with Crippen LogP contribution < -0.4 is 5.32 Å². The zero-order valence-electron chi connectivity index (χ0n) is 10.8. The van der Waals surface area contributed by atoms with Gasteiger partial charge in [-0.25, -0.2) is 4.39 Å². The second kappa shape index (κ2) is 5.34. The molecule has 3 rings (SSSR count). The number of fused-ring (bicyclic) bond motifs is 1. The van der Waals surface area contributed by atoms with Crippen LogP contribution in [0.1, 0.15) is 21.5 Å². The van der Waals surface area contributed by atoms with Crippen LogP contribution >= 0.6 is 22.7 Å². The van der Waals surface area contributed by atoms with E-state index in [0.29, 0.717) is 10.6 Å². The van der Waals surface area contributed by atoms with Gasteiger partial charge in [-0.1, -0.05) is 13.0 Å². The van der Waals surface area contributed by atoms with Crippen molar-refractivity contribution in [3.8, 4) is 0 Å². The second-order valence-corrected chi connectivity index (χ2v) is 6.83. The first-order valence-electron chi connectivity index (χ1n) is 6.25. The minimum Gasteiger partial charge on any atom is -0.321 e. The van der Waals surface area contributed by atoms with E-state index in [4.69, 9.17) is 0 Å². The molecule has 0 spiro atoms. The molecule has 2 aromatic heterocycles. The molecule has 102 valence electrons. The Balaban J connectivity index is 1.83. The van der Waals surface area contributed by atoms with Gasteiger partial charge in [0, 0.05) is 16.0 Å². The molecule has 0 atom stereocenters. The molecule has 1 aromatic carbocycles. The first-order chi connectivity index (χ1) is 9.65. The Bertz CT molecular complexity index is 744. The summed E-state index contributed by atoms with van der Waals surface area (Å²) in [7, 11) is 0. The van der Waals surface area contributed by atoms with Crippen LogP contribution in [-0.4, -0.2) is 5.91 Å². The number of amides is 1. The molecule has 0 unspecified atom stereocenters. The van der Waals surface area contributed by atoms with Crippen LogP contribution in [0.3, 0.4) is 0 Å². The molecular weight excluding hydrogens is 293 g/mol. The van der Waals surface area contributed by atoms with Crippen LogP contribution in [0.15, 0.2) is 36.4 Å². The summed E-state index contributed by atoms with van der Waals surface area (Å²) >= 11 is 3.20. The number of hydrogen-bond acceptors (Lipinski definition) is 3. The van der Waals surface area contributed by atoms with Gasteiger partial charge >= 0.3 is 0 Å². The highest BCUT2D eigenvalue weighted by molar-refractivity contribution is 7.39. The van der Waals surface area contributed by atoms with Crippen molar-refractivity contribution in [2.75, 3.05) is 5.32 Å². The lowest BCUT2D eigenvalue weighted by Gasteiger charge is -2.02. The predicted molar refractivity (Wildman–Crippen MR) is 83.4 cm³/mol. The lowest BCUT2D eigenvalue weighted by molar-refractivity contribution is 0.103. The number of hydrogen-bond donors (Lipinski definition) is 1. The van der Waals surface area contributed by atoms with Crippen molar-refractivity contribution < 1.29 is 9.18 Å². The number of rotatable bonds is 3. The lowest BCUT2D eigenvalue weighted by Crippen LogP contribution is -2.10.